The highest BCUT2D eigenvalue weighted by atomic mass is 79.9. The van der Waals surface area contributed by atoms with Crippen LogP contribution in [0, 0.1) is 0 Å². The van der Waals surface area contributed by atoms with Gasteiger partial charge in [0.2, 0.25) is 5.13 Å². The molecule has 4 rings (SSSR count). The molecule has 1 aromatic heterocycles. The summed E-state index contributed by atoms with van der Waals surface area (Å²) in [6, 6.07) is 23.7. The molecule has 0 amide bonds. The lowest BCUT2D eigenvalue weighted by molar-refractivity contribution is 0.304. The quantitative estimate of drug-likeness (QED) is 0.221. The van der Waals surface area contributed by atoms with E-state index >= 15 is 0 Å². The molecule has 0 atom stereocenters. The van der Waals surface area contributed by atoms with E-state index in [4.69, 9.17) is 9.47 Å². The molecular formula is C24H20BrN3O2S. The van der Waals surface area contributed by atoms with Gasteiger partial charge in [0.15, 0.2) is 0 Å². The van der Waals surface area contributed by atoms with E-state index < -0.39 is 0 Å². The predicted octanol–water partition coefficient (Wildman–Crippen LogP) is 6.61. The molecule has 0 spiro atoms. The second kappa shape index (κ2) is 10.2. The third-order valence-electron chi connectivity index (χ3n) is 4.44. The first-order valence-corrected chi connectivity index (χ1v) is 11.2. The number of anilines is 1. The maximum atomic E-state index is 6.03. The van der Waals surface area contributed by atoms with E-state index in [-0.39, 0.29) is 0 Å². The van der Waals surface area contributed by atoms with Crippen LogP contribution in [0.2, 0.25) is 0 Å². The van der Waals surface area contributed by atoms with Crippen molar-refractivity contribution in [1.82, 2.24) is 4.98 Å². The van der Waals surface area contributed by atoms with Crippen molar-refractivity contribution in [3.05, 3.63) is 93.8 Å². The molecule has 4 aromatic rings. The first kappa shape index (κ1) is 21.1. The second-order valence-electron chi connectivity index (χ2n) is 6.60. The standard InChI is InChI=1S/C24H20BrN3O2S/c1-29-21-9-5-6-17(12-21)15-30-23-11-10-20(25)13-19(23)14-26-28-24-27-22(16-31-24)18-7-3-2-4-8-18/h2-14,16H,15H2,1H3,(H,27,28). The van der Waals surface area contributed by atoms with Gasteiger partial charge in [0, 0.05) is 21.0 Å². The lowest BCUT2D eigenvalue weighted by Gasteiger charge is -2.10. The molecule has 0 aliphatic carbocycles. The molecule has 0 bridgehead atoms. The number of hydrogen-bond acceptors (Lipinski definition) is 6. The Balaban J connectivity index is 1.44. The van der Waals surface area contributed by atoms with E-state index in [0.717, 1.165) is 43.5 Å². The number of thiazole rings is 1. The summed E-state index contributed by atoms with van der Waals surface area (Å²) >= 11 is 5.02. The van der Waals surface area contributed by atoms with Gasteiger partial charge >= 0.3 is 0 Å². The Hall–Kier alpha value is -3.16. The van der Waals surface area contributed by atoms with Crippen molar-refractivity contribution in [2.24, 2.45) is 5.10 Å². The fourth-order valence-corrected chi connectivity index (χ4v) is 3.95. The third kappa shape index (κ3) is 5.71. The summed E-state index contributed by atoms with van der Waals surface area (Å²) in [5.41, 5.74) is 6.89. The lowest BCUT2D eigenvalue weighted by atomic mass is 10.2. The molecule has 7 heteroatoms. The van der Waals surface area contributed by atoms with Crippen molar-refractivity contribution in [2.75, 3.05) is 12.5 Å². The Bertz CT molecular complexity index is 1180. The average Bonchev–Trinajstić information content (AvgIpc) is 3.28. The molecular weight excluding hydrogens is 474 g/mol. The van der Waals surface area contributed by atoms with Crippen LogP contribution in [0.15, 0.2) is 87.8 Å². The molecule has 0 fully saturated rings. The van der Waals surface area contributed by atoms with E-state index in [1.54, 1.807) is 13.3 Å². The number of hydrazone groups is 1. The van der Waals surface area contributed by atoms with E-state index in [9.17, 15) is 0 Å². The van der Waals surface area contributed by atoms with Gasteiger partial charge < -0.3 is 9.47 Å². The first-order chi connectivity index (χ1) is 15.2. The summed E-state index contributed by atoms with van der Waals surface area (Å²) in [5.74, 6) is 1.54. The van der Waals surface area contributed by atoms with Crippen molar-refractivity contribution >= 4 is 38.6 Å². The first-order valence-electron chi connectivity index (χ1n) is 9.56. The molecule has 0 saturated heterocycles. The lowest BCUT2D eigenvalue weighted by Crippen LogP contribution is -1.99. The molecule has 0 unspecified atom stereocenters. The second-order valence-corrected chi connectivity index (χ2v) is 8.37. The fourth-order valence-electron chi connectivity index (χ4n) is 2.90. The summed E-state index contributed by atoms with van der Waals surface area (Å²) < 4.78 is 12.3. The molecule has 1 heterocycles. The highest BCUT2D eigenvalue weighted by Crippen LogP contribution is 2.26. The summed E-state index contributed by atoms with van der Waals surface area (Å²) in [7, 11) is 1.65. The third-order valence-corrected chi connectivity index (χ3v) is 5.68. The number of nitrogens with zero attached hydrogens (tertiary/aromatic N) is 2. The van der Waals surface area contributed by atoms with Crippen LogP contribution in [0.5, 0.6) is 11.5 Å². The smallest absolute Gasteiger partial charge is 0.203 e. The van der Waals surface area contributed by atoms with E-state index in [2.05, 4.69) is 31.4 Å². The number of nitrogens with one attached hydrogen (secondary N) is 1. The number of halogens is 1. The normalized spacial score (nSPS) is 10.9. The van der Waals surface area contributed by atoms with E-state index in [1.165, 1.54) is 11.3 Å². The van der Waals surface area contributed by atoms with Gasteiger partial charge in [-0.25, -0.2) is 4.98 Å². The summed E-state index contributed by atoms with van der Waals surface area (Å²) in [6.07, 6.45) is 1.73. The van der Waals surface area contributed by atoms with Crippen molar-refractivity contribution in [1.29, 1.82) is 0 Å². The van der Waals surface area contributed by atoms with Gasteiger partial charge in [0.05, 0.1) is 19.0 Å². The van der Waals surface area contributed by atoms with Crippen LogP contribution < -0.4 is 14.9 Å². The number of hydrogen-bond donors (Lipinski definition) is 1. The zero-order valence-electron chi connectivity index (χ0n) is 16.8. The van der Waals surface area contributed by atoms with Gasteiger partial charge in [-0.2, -0.15) is 5.10 Å². The van der Waals surface area contributed by atoms with Gasteiger partial charge in [-0.3, -0.25) is 5.43 Å². The van der Waals surface area contributed by atoms with Crippen molar-refractivity contribution in [2.45, 2.75) is 6.61 Å². The minimum Gasteiger partial charge on any atom is -0.497 e. The van der Waals surface area contributed by atoms with Crippen LogP contribution in [-0.4, -0.2) is 18.3 Å². The summed E-state index contributed by atoms with van der Waals surface area (Å²) in [5, 5.41) is 7.09. The Morgan fingerprint density at radius 2 is 1.94 bits per heavy atom. The van der Waals surface area contributed by atoms with Gasteiger partial charge in [0.1, 0.15) is 18.1 Å². The zero-order valence-corrected chi connectivity index (χ0v) is 19.2. The topological polar surface area (TPSA) is 55.7 Å². The Kier molecular flexibility index (Phi) is 6.96. The summed E-state index contributed by atoms with van der Waals surface area (Å²) in [4.78, 5) is 4.59. The number of methoxy groups -OCH3 is 1. The molecule has 0 aliphatic rings. The predicted molar refractivity (Wildman–Crippen MR) is 130 cm³/mol. The minimum absolute atomic E-state index is 0.431. The Morgan fingerprint density at radius 1 is 1.06 bits per heavy atom. The Morgan fingerprint density at radius 3 is 2.77 bits per heavy atom. The van der Waals surface area contributed by atoms with Crippen LogP contribution in [0.4, 0.5) is 5.13 Å². The van der Waals surface area contributed by atoms with Crippen LogP contribution in [0.1, 0.15) is 11.1 Å². The van der Waals surface area contributed by atoms with E-state index in [0.29, 0.717) is 6.61 Å². The molecule has 31 heavy (non-hydrogen) atoms. The number of rotatable bonds is 8. The molecule has 3 aromatic carbocycles. The van der Waals surface area contributed by atoms with Crippen LogP contribution >= 0.6 is 27.3 Å². The Labute approximate surface area is 193 Å². The summed E-state index contributed by atoms with van der Waals surface area (Å²) in [6.45, 7) is 0.431. The molecule has 0 radical (unpaired) electrons. The average molecular weight is 494 g/mol. The molecule has 1 N–H and O–H groups in total. The van der Waals surface area contributed by atoms with Crippen molar-refractivity contribution < 1.29 is 9.47 Å². The molecule has 156 valence electrons. The molecule has 0 aliphatic heterocycles. The largest absolute Gasteiger partial charge is 0.497 e. The molecule has 5 nitrogen and oxygen atoms in total. The highest BCUT2D eigenvalue weighted by molar-refractivity contribution is 9.10. The van der Waals surface area contributed by atoms with E-state index in [1.807, 2.05) is 78.2 Å². The van der Waals surface area contributed by atoms with Crippen LogP contribution in [0.3, 0.4) is 0 Å². The minimum atomic E-state index is 0.431. The fraction of sp³-hybridized carbons (Fsp3) is 0.0833. The number of benzene rings is 3. The monoisotopic (exact) mass is 493 g/mol. The van der Waals surface area contributed by atoms with Crippen molar-refractivity contribution in [3.63, 3.8) is 0 Å². The van der Waals surface area contributed by atoms with Gasteiger partial charge in [-0.15, -0.1) is 11.3 Å². The highest BCUT2D eigenvalue weighted by Gasteiger charge is 2.06. The van der Waals surface area contributed by atoms with Gasteiger partial charge in [-0.05, 0) is 35.9 Å². The van der Waals surface area contributed by atoms with Crippen LogP contribution in [-0.2, 0) is 6.61 Å². The maximum Gasteiger partial charge on any atom is 0.203 e. The van der Waals surface area contributed by atoms with Gasteiger partial charge in [-0.1, -0.05) is 58.4 Å². The van der Waals surface area contributed by atoms with Crippen LogP contribution in [0.25, 0.3) is 11.3 Å². The van der Waals surface area contributed by atoms with Crippen molar-refractivity contribution in [3.8, 4) is 22.8 Å². The number of aromatic nitrogens is 1. The van der Waals surface area contributed by atoms with Gasteiger partial charge in [0.25, 0.3) is 0 Å². The maximum absolute atomic E-state index is 6.03. The zero-order chi connectivity index (χ0) is 21.5. The number of ether oxygens (including phenoxy) is 2. The SMILES string of the molecule is COc1cccc(COc2ccc(Br)cc2C=NNc2nc(-c3ccccc3)cs2)c1. The molecule has 0 saturated carbocycles.